The Kier molecular flexibility index (Phi) is 4.48. The molecule has 0 saturated heterocycles. The lowest BCUT2D eigenvalue weighted by Gasteiger charge is -2.06. The summed E-state index contributed by atoms with van der Waals surface area (Å²) in [6, 6.07) is 11.2. The van der Waals surface area contributed by atoms with Crippen LogP contribution in [-0.4, -0.2) is 18.4 Å². The summed E-state index contributed by atoms with van der Waals surface area (Å²) in [7, 11) is 1.47. The predicted molar refractivity (Wildman–Crippen MR) is 82.1 cm³/mol. The van der Waals surface area contributed by atoms with Crippen molar-refractivity contribution >= 4 is 23.5 Å². The average molecular weight is 291 g/mol. The second-order valence-electron chi connectivity index (χ2n) is 4.26. The minimum atomic E-state index is -0.0894. The van der Waals surface area contributed by atoms with Crippen molar-refractivity contribution in [2.24, 2.45) is 5.10 Å². The molecule has 0 bridgehead atoms. The number of hydrogen-bond donors (Lipinski definition) is 2. The van der Waals surface area contributed by atoms with Gasteiger partial charge in [0.15, 0.2) is 11.5 Å². The van der Waals surface area contributed by atoms with Gasteiger partial charge in [-0.15, -0.1) is 0 Å². The Labute approximate surface area is 122 Å². The molecule has 2 N–H and O–H groups in total. The van der Waals surface area contributed by atoms with E-state index in [4.69, 9.17) is 16.3 Å². The number of aromatic hydroxyl groups is 1. The van der Waals surface area contributed by atoms with Gasteiger partial charge in [0.2, 0.25) is 0 Å². The number of hydrogen-bond acceptors (Lipinski definition) is 4. The summed E-state index contributed by atoms with van der Waals surface area (Å²) in [5, 5.41) is 14.1. The van der Waals surface area contributed by atoms with Crippen molar-refractivity contribution in [2.75, 3.05) is 12.5 Å². The van der Waals surface area contributed by atoms with Gasteiger partial charge in [-0.3, -0.25) is 5.43 Å². The first-order valence-corrected chi connectivity index (χ1v) is 6.41. The van der Waals surface area contributed by atoms with Gasteiger partial charge in [-0.05, 0) is 31.2 Å². The lowest BCUT2D eigenvalue weighted by atomic mass is 10.2. The molecule has 0 heterocycles. The number of nitrogens with one attached hydrogen (secondary N) is 1. The first-order chi connectivity index (χ1) is 9.61. The van der Waals surface area contributed by atoms with Crippen molar-refractivity contribution in [3.8, 4) is 11.5 Å². The van der Waals surface area contributed by atoms with Gasteiger partial charge < -0.3 is 9.84 Å². The predicted octanol–water partition coefficient (Wildman–Crippen LogP) is 3.81. The number of phenolic OH excluding ortho intramolecular Hbond substituents is 1. The Morgan fingerprint density at radius 3 is 2.55 bits per heavy atom. The van der Waals surface area contributed by atoms with Crippen LogP contribution in [0.2, 0.25) is 5.02 Å². The maximum absolute atomic E-state index is 9.79. The van der Waals surface area contributed by atoms with Crippen LogP contribution in [0.4, 0.5) is 5.69 Å². The van der Waals surface area contributed by atoms with Gasteiger partial charge in [0.1, 0.15) is 0 Å². The number of benzene rings is 2. The van der Waals surface area contributed by atoms with Crippen LogP contribution in [0.1, 0.15) is 11.1 Å². The summed E-state index contributed by atoms with van der Waals surface area (Å²) in [6.07, 6.45) is 1.54. The van der Waals surface area contributed by atoms with Gasteiger partial charge in [0.25, 0.3) is 0 Å². The fourth-order valence-electron chi connectivity index (χ4n) is 1.63. The van der Waals surface area contributed by atoms with E-state index in [0.717, 1.165) is 5.69 Å². The van der Waals surface area contributed by atoms with E-state index < -0.39 is 0 Å². The van der Waals surface area contributed by atoms with E-state index in [0.29, 0.717) is 11.3 Å². The van der Waals surface area contributed by atoms with Crippen molar-refractivity contribution in [3.63, 3.8) is 0 Å². The molecule has 0 amide bonds. The van der Waals surface area contributed by atoms with Crippen LogP contribution in [0.5, 0.6) is 11.5 Å². The normalized spacial score (nSPS) is 10.8. The maximum atomic E-state index is 9.79. The molecule has 0 aromatic heterocycles. The fourth-order valence-corrected chi connectivity index (χ4v) is 1.84. The molecule has 0 unspecified atom stereocenters. The van der Waals surface area contributed by atoms with Crippen LogP contribution in [-0.2, 0) is 0 Å². The lowest BCUT2D eigenvalue weighted by Crippen LogP contribution is -1.92. The smallest absolute Gasteiger partial charge is 0.177 e. The minimum Gasteiger partial charge on any atom is -0.503 e. The van der Waals surface area contributed by atoms with Crippen LogP contribution in [0.25, 0.3) is 0 Å². The number of nitrogens with zero attached hydrogens (tertiary/aromatic N) is 1. The zero-order chi connectivity index (χ0) is 14.5. The first kappa shape index (κ1) is 14.2. The van der Waals surface area contributed by atoms with E-state index in [9.17, 15) is 5.11 Å². The number of ether oxygens (including phenoxy) is 1. The molecule has 104 valence electrons. The molecule has 20 heavy (non-hydrogen) atoms. The van der Waals surface area contributed by atoms with Crippen molar-refractivity contribution in [1.82, 2.24) is 0 Å². The SMILES string of the molecule is COc1ccc(C=NNc2ccc(C)cc2)c(Cl)c1O. The summed E-state index contributed by atoms with van der Waals surface area (Å²) in [5.41, 5.74) is 5.55. The largest absolute Gasteiger partial charge is 0.503 e. The summed E-state index contributed by atoms with van der Waals surface area (Å²) in [4.78, 5) is 0. The molecule has 2 aromatic carbocycles. The molecule has 0 spiro atoms. The molecule has 4 nitrogen and oxygen atoms in total. The Balaban J connectivity index is 2.12. The molecule has 0 fully saturated rings. The Bertz CT molecular complexity index is 625. The van der Waals surface area contributed by atoms with E-state index in [1.165, 1.54) is 12.7 Å². The Morgan fingerprint density at radius 2 is 1.90 bits per heavy atom. The topological polar surface area (TPSA) is 53.8 Å². The molecule has 0 saturated carbocycles. The number of halogens is 1. The highest BCUT2D eigenvalue weighted by Gasteiger charge is 2.09. The quantitative estimate of drug-likeness (QED) is 0.665. The first-order valence-electron chi connectivity index (χ1n) is 6.03. The number of methoxy groups -OCH3 is 1. The fraction of sp³-hybridized carbons (Fsp3) is 0.133. The zero-order valence-electron chi connectivity index (χ0n) is 11.2. The Hall–Kier alpha value is -2.20. The van der Waals surface area contributed by atoms with E-state index >= 15 is 0 Å². The number of anilines is 1. The van der Waals surface area contributed by atoms with Crippen LogP contribution in [0.15, 0.2) is 41.5 Å². The highest BCUT2D eigenvalue weighted by molar-refractivity contribution is 6.34. The van der Waals surface area contributed by atoms with Crippen molar-refractivity contribution < 1.29 is 9.84 Å². The molecule has 5 heteroatoms. The van der Waals surface area contributed by atoms with Crippen molar-refractivity contribution in [1.29, 1.82) is 0 Å². The molecule has 2 aromatic rings. The van der Waals surface area contributed by atoms with E-state index in [2.05, 4.69) is 10.5 Å². The molecule has 2 rings (SSSR count). The molecule has 0 aliphatic heterocycles. The monoisotopic (exact) mass is 290 g/mol. The summed E-state index contributed by atoms with van der Waals surface area (Å²) in [5.74, 6) is 0.243. The molecular weight excluding hydrogens is 276 g/mol. The van der Waals surface area contributed by atoms with Gasteiger partial charge in [0.05, 0.1) is 24.0 Å². The van der Waals surface area contributed by atoms with Crippen LogP contribution in [0, 0.1) is 6.92 Å². The molecular formula is C15H15ClN2O2. The molecule has 0 aliphatic carbocycles. The van der Waals surface area contributed by atoms with Crippen molar-refractivity contribution in [3.05, 3.63) is 52.5 Å². The summed E-state index contributed by atoms with van der Waals surface area (Å²) >= 11 is 6.03. The Morgan fingerprint density at radius 1 is 1.20 bits per heavy atom. The van der Waals surface area contributed by atoms with Crippen LogP contribution < -0.4 is 10.2 Å². The number of aryl methyl sites for hydroxylation is 1. The third-order valence-corrected chi connectivity index (χ3v) is 3.17. The highest BCUT2D eigenvalue weighted by atomic mass is 35.5. The summed E-state index contributed by atoms with van der Waals surface area (Å²) in [6.45, 7) is 2.02. The van der Waals surface area contributed by atoms with E-state index in [1.807, 2.05) is 31.2 Å². The standard InChI is InChI=1S/C15H15ClN2O2/c1-10-3-6-12(7-4-10)18-17-9-11-5-8-13(20-2)15(19)14(11)16/h3-9,18-19H,1-2H3. The number of hydrazone groups is 1. The number of phenols is 1. The second-order valence-corrected chi connectivity index (χ2v) is 4.63. The van der Waals surface area contributed by atoms with Gasteiger partial charge >= 0.3 is 0 Å². The molecule has 0 aliphatic rings. The third kappa shape index (κ3) is 3.22. The van der Waals surface area contributed by atoms with Crippen molar-refractivity contribution in [2.45, 2.75) is 6.92 Å². The van der Waals surface area contributed by atoms with E-state index in [1.54, 1.807) is 18.3 Å². The molecule has 0 radical (unpaired) electrons. The van der Waals surface area contributed by atoms with Crippen LogP contribution >= 0.6 is 11.6 Å². The van der Waals surface area contributed by atoms with E-state index in [-0.39, 0.29) is 10.8 Å². The number of rotatable bonds is 4. The van der Waals surface area contributed by atoms with Gasteiger partial charge in [-0.25, -0.2) is 0 Å². The summed E-state index contributed by atoms with van der Waals surface area (Å²) < 4.78 is 4.97. The zero-order valence-corrected chi connectivity index (χ0v) is 12.0. The minimum absolute atomic E-state index is 0.0894. The lowest BCUT2D eigenvalue weighted by molar-refractivity contribution is 0.373. The third-order valence-electron chi connectivity index (χ3n) is 2.78. The van der Waals surface area contributed by atoms with Gasteiger partial charge in [-0.2, -0.15) is 5.10 Å². The maximum Gasteiger partial charge on any atom is 0.177 e. The average Bonchev–Trinajstić information content (AvgIpc) is 2.46. The molecule has 0 atom stereocenters. The van der Waals surface area contributed by atoms with Crippen LogP contribution in [0.3, 0.4) is 0 Å². The van der Waals surface area contributed by atoms with Gasteiger partial charge in [-0.1, -0.05) is 29.3 Å². The highest BCUT2D eigenvalue weighted by Crippen LogP contribution is 2.35. The van der Waals surface area contributed by atoms with Gasteiger partial charge in [0, 0.05) is 5.56 Å². The second kappa shape index (κ2) is 6.30.